The van der Waals surface area contributed by atoms with E-state index in [-0.39, 0.29) is 0 Å². The van der Waals surface area contributed by atoms with Gasteiger partial charge in [0, 0.05) is 19.3 Å². The van der Waals surface area contributed by atoms with Gasteiger partial charge in [-0.3, -0.25) is 0 Å². The van der Waals surface area contributed by atoms with Crippen LogP contribution in [0.25, 0.3) is 0 Å². The molecule has 2 N–H and O–H groups in total. The first-order chi connectivity index (χ1) is 7.51. The van der Waals surface area contributed by atoms with E-state index < -0.39 is 0 Å². The maximum atomic E-state index is 6.38. The lowest BCUT2D eigenvalue weighted by Gasteiger charge is -2.45. The molecule has 0 aromatic carbocycles. The third-order valence-electron chi connectivity index (χ3n) is 5.10. The first-order valence-corrected chi connectivity index (χ1v) is 6.85. The standard InChI is InChI=1S/C14H27NO/c1-10-4-5-12(13(15)8-10)14(2,3)11-6-7-16-9-11/h10-13H,4-9,15H2,1-3H3. The highest BCUT2D eigenvalue weighted by molar-refractivity contribution is 4.94. The lowest BCUT2D eigenvalue weighted by molar-refractivity contribution is 0.0467. The van der Waals surface area contributed by atoms with E-state index >= 15 is 0 Å². The van der Waals surface area contributed by atoms with Crippen molar-refractivity contribution in [3.05, 3.63) is 0 Å². The quantitative estimate of drug-likeness (QED) is 0.784. The summed E-state index contributed by atoms with van der Waals surface area (Å²) in [6.07, 6.45) is 5.11. The van der Waals surface area contributed by atoms with Crippen LogP contribution >= 0.6 is 0 Å². The van der Waals surface area contributed by atoms with Gasteiger partial charge in [-0.1, -0.05) is 27.2 Å². The molecule has 2 aliphatic rings. The lowest BCUT2D eigenvalue weighted by atomic mass is 9.61. The molecule has 16 heavy (non-hydrogen) atoms. The predicted molar refractivity (Wildman–Crippen MR) is 67.2 cm³/mol. The molecule has 94 valence electrons. The Morgan fingerprint density at radius 3 is 2.50 bits per heavy atom. The Balaban J connectivity index is 2.04. The van der Waals surface area contributed by atoms with Crippen molar-refractivity contribution in [2.75, 3.05) is 13.2 Å². The minimum atomic E-state index is 0.357. The van der Waals surface area contributed by atoms with Gasteiger partial charge >= 0.3 is 0 Å². The maximum absolute atomic E-state index is 6.38. The molecule has 0 bridgehead atoms. The normalized spacial score (nSPS) is 41.2. The lowest BCUT2D eigenvalue weighted by Crippen LogP contribution is -2.46. The van der Waals surface area contributed by atoms with Crippen molar-refractivity contribution in [2.45, 2.75) is 52.5 Å². The van der Waals surface area contributed by atoms with Crippen LogP contribution in [0.15, 0.2) is 0 Å². The summed E-state index contributed by atoms with van der Waals surface area (Å²) in [5.41, 5.74) is 6.74. The summed E-state index contributed by atoms with van der Waals surface area (Å²) < 4.78 is 5.55. The largest absolute Gasteiger partial charge is 0.381 e. The molecule has 1 saturated heterocycles. The van der Waals surface area contributed by atoms with Crippen LogP contribution in [-0.4, -0.2) is 19.3 Å². The number of ether oxygens (including phenoxy) is 1. The van der Waals surface area contributed by atoms with Crippen LogP contribution in [0, 0.1) is 23.2 Å². The number of rotatable bonds is 2. The number of hydrogen-bond donors (Lipinski definition) is 1. The van der Waals surface area contributed by atoms with Gasteiger partial charge in [0.2, 0.25) is 0 Å². The highest BCUT2D eigenvalue weighted by Gasteiger charge is 2.43. The third kappa shape index (κ3) is 2.28. The number of nitrogens with two attached hydrogens (primary N) is 1. The van der Waals surface area contributed by atoms with Gasteiger partial charge in [-0.2, -0.15) is 0 Å². The Bertz CT molecular complexity index is 233. The zero-order valence-corrected chi connectivity index (χ0v) is 11.0. The van der Waals surface area contributed by atoms with E-state index in [9.17, 15) is 0 Å². The second kappa shape index (κ2) is 4.66. The van der Waals surface area contributed by atoms with Gasteiger partial charge in [0.05, 0.1) is 0 Å². The Morgan fingerprint density at radius 2 is 1.94 bits per heavy atom. The van der Waals surface area contributed by atoms with Gasteiger partial charge < -0.3 is 10.5 Å². The Morgan fingerprint density at radius 1 is 1.19 bits per heavy atom. The van der Waals surface area contributed by atoms with Gasteiger partial charge in [-0.25, -0.2) is 0 Å². The summed E-state index contributed by atoms with van der Waals surface area (Å²) >= 11 is 0. The molecule has 0 radical (unpaired) electrons. The molecule has 1 saturated carbocycles. The fraction of sp³-hybridized carbons (Fsp3) is 1.00. The Hall–Kier alpha value is -0.0800. The first-order valence-electron chi connectivity index (χ1n) is 6.85. The molecule has 2 heteroatoms. The molecule has 4 unspecified atom stereocenters. The predicted octanol–water partition coefficient (Wildman–Crippen LogP) is 2.81. The summed E-state index contributed by atoms with van der Waals surface area (Å²) in [5, 5.41) is 0. The summed E-state index contributed by atoms with van der Waals surface area (Å²) in [5.74, 6) is 2.23. The highest BCUT2D eigenvalue weighted by atomic mass is 16.5. The molecule has 2 fully saturated rings. The Labute approximate surface area is 99.9 Å². The van der Waals surface area contributed by atoms with Crippen molar-refractivity contribution >= 4 is 0 Å². The third-order valence-corrected chi connectivity index (χ3v) is 5.10. The minimum Gasteiger partial charge on any atom is -0.381 e. The van der Waals surface area contributed by atoms with Crippen LogP contribution in [0.1, 0.15) is 46.5 Å². The molecule has 0 aromatic rings. The van der Waals surface area contributed by atoms with E-state index in [1.165, 1.54) is 25.7 Å². The average Bonchev–Trinajstić information content (AvgIpc) is 2.69. The van der Waals surface area contributed by atoms with E-state index in [1.807, 2.05) is 0 Å². The van der Waals surface area contributed by atoms with Gasteiger partial charge in [0.1, 0.15) is 0 Å². The van der Waals surface area contributed by atoms with E-state index in [4.69, 9.17) is 10.5 Å². The van der Waals surface area contributed by atoms with Gasteiger partial charge in [-0.15, -0.1) is 0 Å². The monoisotopic (exact) mass is 225 g/mol. The van der Waals surface area contributed by atoms with E-state index in [2.05, 4.69) is 20.8 Å². The zero-order chi connectivity index (χ0) is 11.8. The minimum absolute atomic E-state index is 0.357. The molecule has 1 aliphatic heterocycles. The highest BCUT2D eigenvalue weighted by Crippen LogP contribution is 2.46. The Kier molecular flexibility index (Phi) is 3.60. The summed E-state index contributed by atoms with van der Waals surface area (Å²) in [6.45, 7) is 9.06. The molecule has 0 spiro atoms. The smallest absolute Gasteiger partial charge is 0.0500 e. The summed E-state index contributed by atoms with van der Waals surface area (Å²) in [6, 6.07) is 0.402. The molecule has 4 atom stereocenters. The zero-order valence-electron chi connectivity index (χ0n) is 11.0. The van der Waals surface area contributed by atoms with Crippen molar-refractivity contribution in [3.8, 4) is 0 Å². The van der Waals surface area contributed by atoms with Crippen molar-refractivity contribution < 1.29 is 4.74 Å². The molecule has 0 amide bonds. The second-order valence-electron chi connectivity index (χ2n) is 6.57. The van der Waals surface area contributed by atoms with Crippen molar-refractivity contribution in [1.29, 1.82) is 0 Å². The molecular formula is C14H27NO. The molecule has 2 rings (SSSR count). The van der Waals surface area contributed by atoms with Crippen molar-refractivity contribution in [2.24, 2.45) is 28.9 Å². The van der Waals surface area contributed by atoms with Crippen molar-refractivity contribution in [3.63, 3.8) is 0 Å². The van der Waals surface area contributed by atoms with E-state index in [0.29, 0.717) is 17.4 Å². The SMILES string of the molecule is CC1CCC(C(C)(C)C2CCOC2)C(N)C1. The van der Waals surface area contributed by atoms with E-state index in [1.54, 1.807) is 0 Å². The van der Waals surface area contributed by atoms with Gasteiger partial charge in [-0.05, 0) is 42.4 Å². The van der Waals surface area contributed by atoms with Crippen LogP contribution in [-0.2, 0) is 4.74 Å². The fourth-order valence-corrected chi connectivity index (χ4v) is 3.77. The first kappa shape index (κ1) is 12.4. The average molecular weight is 225 g/mol. The molecule has 2 nitrogen and oxygen atoms in total. The molecular weight excluding hydrogens is 198 g/mol. The second-order valence-corrected chi connectivity index (χ2v) is 6.57. The van der Waals surface area contributed by atoms with Gasteiger partial charge in [0.15, 0.2) is 0 Å². The molecule has 0 aromatic heterocycles. The van der Waals surface area contributed by atoms with Crippen LogP contribution < -0.4 is 5.73 Å². The molecule has 1 heterocycles. The summed E-state index contributed by atoms with van der Waals surface area (Å²) in [4.78, 5) is 0. The van der Waals surface area contributed by atoms with Crippen LogP contribution in [0.3, 0.4) is 0 Å². The number of hydrogen-bond acceptors (Lipinski definition) is 2. The topological polar surface area (TPSA) is 35.2 Å². The van der Waals surface area contributed by atoms with Crippen molar-refractivity contribution in [1.82, 2.24) is 0 Å². The van der Waals surface area contributed by atoms with Gasteiger partial charge in [0.25, 0.3) is 0 Å². The maximum Gasteiger partial charge on any atom is 0.0500 e. The van der Waals surface area contributed by atoms with Crippen LogP contribution in [0.4, 0.5) is 0 Å². The molecule has 1 aliphatic carbocycles. The van der Waals surface area contributed by atoms with E-state index in [0.717, 1.165) is 25.0 Å². The van der Waals surface area contributed by atoms with Crippen LogP contribution in [0.5, 0.6) is 0 Å². The summed E-state index contributed by atoms with van der Waals surface area (Å²) in [7, 11) is 0. The fourth-order valence-electron chi connectivity index (χ4n) is 3.77. The van der Waals surface area contributed by atoms with Crippen LogP contribution in [0.2, 0.25) is 0 Å².